The van der Waals surface area contributed by atoms with Crippen LogP contribution in [0.3, 0.4) is 0 Å². The molecule has 15 heavy (non-hydrogen) atoms. The van der Waals surface area contributed by atoms with E-state index < -0.39 is 0 Å². The highest BCUT2D eigenvalue weighted by Crippen LogP contribution is 2.22. The molecule has 0 amide bonds. The van der Waals surface area contributed by atoms with Crippen LogP contribution in [-0.4, -0.2) is 30.6 Å². The number of rotatable bonds is 6. The minimum Gasteiger partial charge on any atom is -0.395 e. The lowest BCUT2D eigenvalue weighted by Gasteiger charge is -2.12. The van der Waals surface area contributed by atoms with Gasteiger partial charge in [-0.15, -0.1) is 11.8 Å². The van der Waals surface area contributed by atoms with Crippen molar-refractivity contribution in [3.05, 3.63) is 28.7 Å². The predicted molar refractivity (Wildman–Crippen MR) is 69.4 cm³/mol. The second kappa shape index (κ2) is 7.28. The van der Waals surface area contributed by atoms with Crippen molar-refractivity contribution < 1.29 is 5.11 Å². The molecule has 0 aliphatic carbocycles. The van der Waals surface area contributed by atoms with Crippen LogP contribution in [0.4, 0.5) is 0 Å². The molecule has 2 N–H and O–H groups in total. The Morgan fingerprint density at radius 3 is 2.93 bits per heavy atom. The zero-order chi connectivity index (χ0) is 11.1. The van der Waals surface area contributed by atoms with Crippen molar-refractivity contribution in [1.29, 1.82) is 0 Å². The maximum Gasteiger partial charge on any atom is 0.0584 e. The Balaban J connectivity index is 2.31. The molecule has 2 nitrogen and oxygen atoms in total. The van der Waals surface area contributed by atoms with Crippen molar-refractivity contribution in [3.8, 4) is 0 Å². The van der Waals surface area contributed by atoms with Crippen molar-refractivity contribution in [1.82, 2.24) is 5.32 Å². The van der Waals surface area contributed by atoms with E-state index in [9.17, 15) is 0 Å². The van der Waals surface area contributed by atoms with E-state index >= 15 is 0 Å². The molecule has 84 valence electrons. The molecule has 1 rings (SSSR count). The fourth-order valence-corrected chi connectivity index (χ4v) is 2.78. The lowest BCUT2D eigenvalue weighted by Crippen LogP contribution is -2.29. The lowest BCUT2D eigenvalue weighted by atomic mass is 10.2. The SMILES string of the molecule is CNC(CO)CCSc1cccc(Br)c1. The third-order valence-corrected chi connectivity index (χ3v) is 3.68. The molecule has 1 aromatic rings. The highest BCUT2D eigenvalue weighted by molar-refractivity contribution is 9.10. The molecule has 0 saturated heterocycles. The molecule has 0 spiro atoms. The number of halogens is 1. The first kappa shape index (κ1) is 13.0. The summed E-state index contributed by atoms with van der Waals surface area (Å²) in [5.41, 5.74) is 0. The van der Waals surface area contributed by atoms with Crippen LogP contribution in [0.1, 0.15) is 6.42 Å². The average molecular weight is 290 g/mol. The molecule has 4 heteroatoms. The van der Waals surface area contributed by atoms with E-state index in [0.717, 1.165) is 16.6 Å². The third kappa shape index (κ3) is 5.02. The molecule has 1 atom stereocenters. The van der Waals surface area contributed by atoms with Gasteiger partial charge in [0.05, 0.1) is 6.61 Å². The zero-order valence-corrected chi connectivity index (χ0v) is 11.1. The monoisotopic (exact) mass is 289 g/mol. The van der Waals surface area contributed by atoms with Gasteiger partial charge in [-0.05, 0) is 37.4 Å². The summed E-state index contributed by atoms with van der Waals surface area (Å²) in [7, 11) is 1.88. The number of aliphatic hydroxyl groups is 1. The summed E-state index contributed by atoms with van der Waals surface area (Å²) in [6.45, 7) is 0.204. The first-order chi connectivity index (χ1) is 7.26. The fraction of sp³-hybridized carbons (Fsp3) is 0.455. The van der Waals surface area contributed by atoms with E-state index in [-0.39, 0.29) is 12.6 Å². The van der Waals surface area contributed by atoms with Crippen molar-refractivity contribution >= 4 is 27.7 Å². The van der Waals surface area contributed by atoms with Crippen LogP contribution in [0.2, 0.25) is 0 Å². The van der Waals surface area contributed by atoms with Crippen LogP contribution < -0.4 is 5.32 Å². The molecule has 0 aliphatic heterocycles. The highest BCUT2D eigenvalue weighted by atomic mass is 79.9. The lowest BCUT2D eigenvalue weighted by molar-refractivity contribution is 0.246. The van der Waals surface area contributed by atoms with E-state index in [2.05, 4.69) is 33.4 Å². The van der Waals surface area contributed by atoms with Crippen molar-refractivity contribution in [2.45, 2.75) is 17.4 Å². The van der Waals surface area contributed by atoms with Crippen LogP contribution in [0, 0.1) is 0 Å². The second-order valence-electron chi connectivity index (χ2n) is 3.26. The van der Waals surface area contributed by atoms with Crippen LogP contribution in [-0.2, 0) is 0 Å². The van der Waals surface area contributed by atoms with E-state index in [1.54, 1.807) is 0 Å². The van der Waals surface area contributed by atoms with Crippen LogP contribution in [0.5, 0.6) is 0 Å². The summed E-state index contributed by atoms with van der Waals surface area (Å²) in [6.07, 6.45) is 0.976. The van der Waals surface area contributed by atoms with Gasteiger partial charge in [-0.3, -0.25) is 0 Å². The quantitative estimate of drug-likeness (QED) is 0.790. The van der Waals surface area contributed by atoms with Gasteiger partial charge in [0.2, 0.25) is 0 Å². The van der Waals surface area contributed by atoms with Crippen molar-refractivity contribution in [2.75, 3.05) is 19.4 Å². The molecule has 0 aliphatic rings. The number of hydrogen-bond acceptors (Lipinski definition) is 3. The normalized spacial score (nSPS) is 12.7. The summed E-state index contributed by atoms with van der Waals surface area (Å²) < 4.78 is 1.11. The summed E-state index contributed by atoms with van der Waals surface area (Å²) in [4.78, 5) is 1.26. The van der Waals surface area contributed by atoms with E-state index in [0.29, 0.717) is 0 Å². The highest BCUT2D eigenvalue weighted by Gasteiger charge is 2.03. The van der Waals surface area contributed by atoms with E-state index in [1.807, 2.05) is 30.9 Å². The molecule has 0 bridgehead atoms. The smallest absolute Gasteiger partial charge is 0.0584 e. The van der Waals surface area contributed by atoms with Gasteiger partial charge in [-0.2, -0.15) is 0 Å². The van der Waals surface area contributed by atoms with Crippen LogP contribution >= 0.6 is 27.7 Å². The largest absolute Gasteiger partial charge is 0.395 e. The number of nitrogens with one attached hydrogen (secondary N) is 1. The molecule has 0 aromatic heterocycles. The Hall–Kier alpha value is -0.0300. The van der Waals surface area contributed by atoms with Gasteiger partial charge >= 0.3 is 0 Å². The van der Waals surface area contributed by atoms with Gasteiger partial charge in [0.25, 0.3) is 0 Å². The standard InChI is InChI=1S/C11H16BrNOS/c1-13-10(8-14)5-6-15-11-4-2-3-9(12)7-11/h2-4,7,10,13-14H,5-6,8H2,1H3. The van der Waals surface area contributed by atoms with Gasteiger partial charge in [0.15, 0.2) is 0 Å². The second-order valence-corrected chi connectivity index (χ2v) is 5.35. The van der Waals surface area contributed by atoms with Gasteiger partial charge in [-0.1, -0.05) is 22.0 Å². The zero-order valence-electron chi connectivity index (χ0n) is 8.74. The molecule has 0 fully saturated rings. The maximum atomic E-state index is 8.99. The van der Waals surface area contributed by atoms with Crippen LogP contribution in [0.15, 0.2) is 33.6 Å². The molecular formula is C11H16BrNOS. The van der Waals surface area contributed by atoms with E-state index in [1.165, 1.54) is 4.90 Å². The fourth-order valence-electron chi connectivity index (χ4n) is 1.20. The summed E-state index contributed by atoms with van der Waals surface area (Å²) in [6, 6.07) is 8.48. The number of benzene rings is 1. The summed E-state index contributed by atoms with van der Waals surface area (Å²) in [5, 5.41) is 12.1. The first-order valence-electron chi connectivity index (χ1n) is 4.92. The van der Waals surface area contributed by atoms with Crippen molar-refractivity contribution in [2.24, 2.45) is 0 Å². The number of aliphatic hydroxyl groups excluding tert-OH is 1. The molecule has 1 aromatic carbocycles. The van der Waals surface area contributed by atoms with Gasteiger partial charge < -0.3 is 10.4 Å². The van der Waals surface area contributed by atoms with E-state index in [4.69, 9.17) is 5.11 Å². The van der Waals surface area contributed by atoms with Gasteiger partial charge in [0.1, 0.15) is 0 Å². The van der Waals surface area contributed by atoms with Gasteiger partial charge in [-0.25, -0.2) is 0 Å². The Kier molecular flexibility index (Phi) is 6.32. The Morgan fingerprint density at radius 1 is 1.53 bits per heavy atom. The topological polar surface area (TPSA) is 32.3 Å². The van der Waals surface area contributed by atoms with Crippen LogP contribution in [0.25, 0.3) is 0 Å². The summed E-state index contributed by atoms with van der Waals surface area (Å²) in [5.74, 6) is 1.02. The minimum absolute atomic E-state index is 0.204. The molecule has 0 radical (unpaired) electrons. The molecule has 0 heterocycles. The number of likely N-dealkylation sites (N-methyl/N-ethyl adjacent to an activating group) is 1. The van der Waals surface area contributed by atoms with Gasteiger partial charge in [0, 0.05) is 15.4 Å². The first-order valence-corrected chi connectivity index (χ1v) is 6.70. The predicted octanol–water partition coefficient (Wildman–Crippen LogP) is 2.51. The number of thioether (sulfide) groups is 1. The van der Waals surface area contributed by atoms with Crippen molar-refractivity contribution in [3.63, 3.8) is 0 Å². The third-order valence-electron chi connectivity index (χ3n) is 2.16. The summed E-state index contributed by atoms with van der Waals surface area (Å²) >= 11 is 5.26. The molecular weight excluding hydrogens is 274 g/mol. The Morgan fingerprint density at radius 2 is 2.33 bits per heavy atom. The Labute approximate surface area is 104 Å². The Bertz CT molecular complexity index is 292. The molecule has 1 unspecified atom stereocenters. The molecule has 0 saturated carbocycles. The minimum atomic E-state index is 0.204. The number of hydrogen-bond donors (Lipinski definition) is 2. The average Bonchev–Trinajstić information content (AvgIpc) is 2.25. The maximum absolute atomic E-state index is 8.99.